The maximum Gasteiger partial charge on any atom is 0.295 e. The van der Waals surface area contributed by atoms with Gasteiger partial charge >= 0.3 is 0 Å². The summed E-state index contributed by atoms with van der Waals surface area (Å²) in [5.41, 5.74) is 2.70. The number of aliphatic hydroxyl groups is 1. The van der Waals surface area contributed by atoms with Crippen LogP contribution in [0.15, 0.2) is 72.6 Å². The SMILES string of the molecule is Cc1cc(OCC(C)C)ccc1C(O)=C1C(=O)C(=O)N(Cc2cccnc2)[C@@H]1c1ccc(Cl)cc1. The Morgan fingerprint density at radius 1 is 1.14 bits per heavy atom. The van der Waals surface area contributed by atoms with Gasteiger partial charge in [-0.15, -0.1) is 0 Å². The van der Waals surface area contributed by atoms with E-state index in [0.717, 1.165) is 11.1 Å². The van der Waals surface area contributed by atoms with Crippen LogP contribution in [0, 0.1) is 12.8 Å². The van der Waals surface area contributed by atoms with Crippen molar-refractivity contribution >= 4 is 29.1 Å². The molecule has 2 aromatic carbocycles. The zero-order chi connectivity index (χ0) is 25.1. The van der Waals surface area contributed by atoms with Crippen molar-refractivity contribution in [3.8, 4) is 5.75 Å². The van der Waals surface area contributed by atoms with E-state index in [4.69, 9.17) is 16.3 Å². The number of amides is 1. The number of Topliss-reactive ketones (excluding diaryl/α,β-unsaturated/α-hetero) is 1. The number of ketones is 1. The topological polar surface area (TPSA) is 79.7 Å². The lowest BCUT2D eigenvalue weighted by atomic mass is 9.94. The van der Waals surface area contributed by atoms with E-state index in [-0.39, 0.29) is 17.9 Å². The molecule has 0 saturated carbocycles. The molecule has 6 nitrogen and oxygen atoms in total. The van der Waals surface area contributed by atoms with E-state index in [0.29, 0.717) is 34.4 Å². The number of aliphatic hydroxyl groups excluding tert-OH is 1. The standard InChI is InChI=1S/C28H27ClN2O4/c1-17(2)16-35-22-10-11-23(18(3)13-22)26(32)24-25(20-6-8-21(29)9-7-20)31(28(34)27(24)33)15-19-5-4-12-30-14-19/h4-14,17,25,32H,15-16H2,1-3H3/t25-/m1/s1. The first-order chi connectivity index (χ1) is 16.8. The van der Waals surface area contributed by atoms with Crippen LogP contribution in [0.5, 0.6) is 5.75 Å². The van der Waals surface area contributed by atoms with Crippen LogP contribution in [0.2, 0.25) is 5.02 Å². The zero-order valence-electron chi connectivity index (χ0n) is 19.9. The number of hydrogen-bond donors (Lipinski definition) is 1. The molecular weight excluding hydrogens is 464 g/mol. The van der Waals surface area contributed by atoms with Crippen molar-refractivity contribution in [1.29, 1.82) is 0 Å². The summed E-state index contributed by atoms with van der Waals surface area (Å²) in [5.74, 6) is -0.571. The van der Waals surface area contributed by atoms with Gasteiger partial charge in [-0.05, 0) is 65.9 Å². The average molecular weight is 491 g/mol. The van der Waals surface area contributed by atoms with Crippen LogP contribution in [-0.4, -0.2) is 33.3 Å². The van der Waals surface area contributed by atoms with E-state index in [9.17, 15) is 14.7 Å². The fourth-order valence-corrected chi connectivity index (χ4v) is 4.25. The van der Waals surface area contributed by atoms with Crippen molar-refractivity contribution in [1.82, 2.24) is 9.88 Å². The Morgan fingerprint density at radius 2 is 1.89 bits per heavy atom. The van der Waals surface area contributed by atoms with Gasteiger partial charge < -0.3 is 14.7 Å². The summed E-state index contributed by atoms with van der Waals surface area (Å²) >= 11 is 6.09. The molecule has 3 aromatic rings. The second-order valence-electron chi connectivity index (χ2n) is 9.02. The van der Waals surface area contributed by atoms with Crippen LogP contribution in [0.25, 0.3) is 5.76 Å². The molecule has 1 N–H and O–H groups in total. The number of nitrogens with zero attached hydrogens (tertiary/aromatic N) is 2. The molecule has 1 saturated heterocycles. The third-order valence-electron chi connectivity index (χ3n) is 5.84. The van der Waals surface area contributed by atoms with E-state index in [1.807, 2.05) is 19.1 Å². The van der Waals surface area contributed by atoms with Crippen molar-refractivity contribution in [2.24, 2.45) is 5.92 Å². The van der Waals surface area contributed by atoms with Gasteiger partial charge in [-0.3, -0.25) is 14.6 Å². The normalized spacial score (nSPS) is 17.3. The van der Waals surface area contributed by atoms with Gasteiger partial charge in [0.2, 0.25) is 0 Å². The highest BCUT2D eigenvalue weighted by Gasteiger charge is 2.46. The van der Waals surface area contributed by atoms with Crippen LogP contribution < -0.4 is 4.74 Å². The quantitative estimate of drug-likeness (QED) is 0.261. The minimum Gasteiger partial charge on any atom is -0.507 e. The van der Waals surface area contributed by atoms with Crippen LogP contribution in [0.3, 0.4) is 0 Å². The van der Waals surface area contributed by atoms with Gasteiger partial charge in [0.15, 0.2) is 0 Å². The third kappa shape index (κ3) is 5.23. The molecule has 1 atom stereocenters. The third-order valence-corrected chi connectivity index (χ3v) is 6.09. The molecule has 0 unspecified atom stereocenters. The smallest absolute Gasteiger partial charge is 0.295 e. The zero-order valence-corrected chi connectivity index (χ0v) is 20.6. The van der Waals surface area contributed by atoms with E-state index < -0.39 is 17.7 Å². The Kier molecular flexibility index (Phi) is 7.22. The van der Waals surface area contributed by atoms with Gasteiger partial charge in [0.05, 0.1) is 18.2 Å². The number of benzene rings is 2. The maximum atomic E-state index is 13.3. The lowest BCUT2D eigenvalue weighted by Gasteiger charge is -2.25. The Bertz CT molecular complexity index is 1270. The lowest BCUT2D eigenvalue weighted by molar-refractivity contribution is -0.140. The van der Waals surface area contributed by atoms with Crippen LogP contribution in [-0.2, 0) is 16.1 Å². The molecule has 0 bridgehead atoms. The molecule has 2 heterocycles. The second kappa shape index (κ2) is 10.3. The Labute approximate surface area is 209 Å². The van der Waals surface area contributed by atoms with Crippen molar-refractivity contribution in [2.75, 3.05) is 6.61 Å². The average Bonchev–Trinajstić information content (AvgIpc) is 3.08. The highest BCUT2D eigenvalue weighted by Crippen LogP contribution is 2.41. The Morgan fingerprint density at radius 3 is 2.51 bits per heavy atom. The summed E-state index contributed by atoms with van der Waals surface area (Å²) < 4.78 is 5.79. The number of likely N-dealkylation sites (tertiary alicyclic amines) is 1. The molecule has 0 aliphatic carbocycles. The Balaban J connectivity index is 1.79. The van der Waals surface area contributed by atoms with Crippen molar-refractivity contribution in [3.63, 3.8) is 0 Å². The Hall–Kier alpha value is -3.64. The molecule has 0 spiro atoms. The molecule has 4 rings (SSSR count). The first kappa shape index (κ1) is 24.5. The number of carbonyl (C=O) groups is 2. The minimum atomic E-state index is -0.774. The molecule has 1 aromatic heterocycles. The second-order valence-corrected chi connectivity index (χ2v) is 9.46. The monoisotopic (exact) mass is 490 g/mol. The van der Waals surface area contributed by atoms with Crippen LogP contribution >= 0.6 is 11.6 Å². The minimum absolute atomic E-state index is 0.0418. The predicted molar refractivity (Wildman–Crippen MR) is 135 cm³/mol. The van der Waals surface area contributed by atoms with Gasteiger partial charge in [0.25, 0.3) is 11.7 Å². The molecule has 7 heteroatoms. The lowest BCUT2D eigenvalue weighted by Crippen LogP contribution is -2.29. The first-order valence-electron chi connectivity index (χ1n) is 11.4. The summed E-state index contributed by atoms with van der Waals surface area (Å²) in [4.78, 5) is 32.0. The highest BCUT2D eigenvalue weighted by atomic mass is 35.5. The number of rotatable bonds is 7. The van der Waals surface area contributed by atoms with Gasteiger partial charge in [-0.1, -0.05) is 43.6 Å². The summed E-state index contributed by atoms with van der Waals surface area (Å²) in [6, 6.07) is 15.1. The van der Waals surface area contributed by atoms with Crippen molar-refractivity contribution in [3.05, 3.63) is 99.8 Å². The largest absolute Gasteiger partial charge is 0.507 e. The van der Waals surface area contributed by atoms with Crippen LogP contribution in [0.1, 0.15) is 42.1 Å². The summed E-state index contributed by atoms with van der Waals surface area (Å²) in [5, 5.41) is 11.9. The highest BCUT2D eigenvalue weighted by molar-refractivity contribution is 6.46. The van der Waals surface area contributed by atoms with E-state index in [1.54, 1.807) is 54.9 Å². The van der Waals surface area contributed by atoms with Gasteiger partial charge in [0, 0.05) is 29.5 Å². The molecule has 35 heavy (non-hydrogen) atoms. The fourth-order valence-electron chi connectivity index (χ4n) is 4.12. The molecule has 180 valence electrons. The van der Waals surface area contributed by atoms with Gasteiger partial charge in [-0.2, -0.15) is 0 Å². The van der Waals surface area contributed by atoms with Crippen molar-refractivity contribution in [2.45, 2.75) is 33.4 Å². The van der Waals surface area contributed by atoms with Crippen molar-refractivity contribution < 1.29 is 19.4 Å². The number of aromatic nitrogens is 1. The molecule has 1 aliphatic rings. The molecule has 0 radical (unpaired) electrons. The predicted octanol–water partition coefficient (Wildman–Crippen LogP) is 5.70. The van der Waals surface area contributed by atoms with Gasteiger partial charge in [-0.25, -0.2) is 0 Å². The number of hydrogen-bond acceptors (Lipinski definition) is 5. The number of halogens is 1. The van der Waals surface area contributed by atoms with Crippen LogP contribution in [0.4, 0.5) is 0 Å². The summed E-state index contributed by atoms with van der Waals surface area (Å²) in [7, 11) is 0. The molecular formula is C28H27ClN2O4. The molecule has 1 amide bonds. The number of ether oxygens (including phenoxy) is 1. The summed E-state index contributed by atoms with van der Waals surface area (Å²) in [6.45, 7) is 6.70. The number of pyridine rings is 1. The van der Waals surface area contributed by atoms with E-state index in [1.165, 1.54) is 4.90 Å². The maximum absolute atomic E-state index is 13.3. The van der Waals surface area contributed by atoms with E-state index >= 15 is 0 Å². The molecule has 1 aliphatic heterocycles. The van der Waals surface area contributed by atoms with E-state index in [2.05, 4.69) is 18.8 Å². The van der Waals surface area contributed by atoms with Gasteiger partial charge in [0.1, 0.15) is 11.5 Å². The summed E-state index contributed by atoms with van der Waals surface area (Å²) in [6.07, 6.45) is 3.30. The number of carbonyl (C=O) groups excluding carboxylic acids is 2. The first-order valence-corrected chi connectivity index (χ1v) is 11.8. The molecule has 1 fully saturated rings. The number of aryl methyl sites for hydroxylation is 1. The fraction of sp³-hybridized carbons (Fsp3) is 0.250.